The van der Waals surface area contributed by atoms with Gasteiger partial charge in [0.15, 0.2) is 0 Å². The topological polar surface area (TPSA) is 0 Å². The van der Waals surface area contributed by atoms with E-state index in [9.17, 15) is 0 Å². The molecule has 0 spiro atoms. The minimum absolute atomic E-state index is 0.210. The zero-order chi connectivity index (χ0) is 35.3. The Morgan fingerprint density at radius 2 is 1.25 bits per heavy atom. The molecule has 0 heterocycles. The van der Waals surface area contributed by atoms with E-state index in [1.165, 1.54) is 94.9 Å². The van der Waals surface area contributed by atoms with Crippen molar-refractivity contribution >= 4 is 49.2 Å². The fourth-order valence-electron chi connectivity index (χ4n) is 10.5. The van der Waals surface area contributed by atoms with Gasteiger partial charge >= 0.3 is 0 Å². The second-order valence-electron chi connectivity index (χ2n) is 16.4. The number of hydrogen-bond acceptors (Lipinski definition) is 0. The predicted octanol–water partition coefficient (Wildman–Crippen LogP) is 14.3. The molecule has 3 aliphatic rings. The van der Waals surface area contributed by atoms with Gasteiger partial charge in [-0.05, 0) is 142 Å². The Labute approximate surface area is 312 Å². The van der Waals surface area contributed by atoms with E-state index in [0.29, 0.717) is 17.8 Å². The maximum absolute atomic E-state index is 2.57. The van der Waals surface area contributed by atoms with Crippen LogP contribution in [0, 0.1) is 5.92 Å². The largest absolute Gasteiger partial charge is 0.0879 e. The summed E-state index contributed by atoms with van der Waals surface area (Å²) in [4.78, 5) is 0. The summed E-state index contributed by atoms with van der Waals surface area (Å²) in [6.45, 7) is 4.97. The summed E-state index contributed by atoms with van der Waals surface area (Å²) in [6, 6.07) is 52.8. The molecule has 0 fully saturated rings. The SMILES string of the molecule is CC1(C)c2cc(C3C=Cc4c(c5ccccc5c5cc(-c6cccc(-c7ccc8c(ccc9ccccc98)c7)c6)ccc45)C3)ccc2C2C=CCCC21. The number of fused-ring (bicyclic) bond motifs is 12. The van der Waals surface area contributed by atoms with E-state index >= 15 is 0 Å². The van der Waals surface area contributed by atoms with Gasteiger partial charge in [0.1, 0.15) is 0 Å². The Morgan fingerprint density at radius 3 is 2.11 bits per heavy atom. The van der Waals surface area contributed by atoms with Gasteiger partial charge in [-0.2, -0.15) is 0 Å². The average molecular weight is 679 g/mol. The lowest BCUT2D eigenvalue weighted by Crippen LogP contribution is -2.26. The predicted molar refractivity (Wildman–Crippen MR) is 227 cm³/mol. The van der Waals surface area contributed by atoms with Crippen molar-refractivity contribution in [3.63, 3.8) is 0 Å². The lowest BCUT2D eigenvalue weighted by molar-refractivity contribution is 0.301. The molecule has 0 amide bonds. The molecule has 0 heteroatoms. The molecule has 3 atom stereocenters. The Kier molecular flexibility index (Phi) is 6.78. The third-order valence-corrected chi connectivity index (χ3v) is 13.3. The molecule has 3 aliphatic carbocycles. The molecule has 53 heavy (non-hydrogen) atoms. The molecular weight excluding hydrogens is 637 g/mol. The summed E-state index contributed by atoms with van der Waals surface area (Å²) >= 11 is 0. The molecule has 11 rings (SSSR count). The molecule has 0 nitrogen and oxygen atoms in total. The van der Waals surface area contributed by atoms with E-state index in [0.717, 1.165) is 6.42 Å². The van der Waals surface area contributed by atoms with Crippen LogP contribution in [0.4, 0.5) is 0 Å². The van der Waals surface area contributed by atoms with Gasteiger partial charge < -0.3 is 0 Å². The zero-order valence-corrected chi connectivity index (χ0v) is 30.4. The first kappa shape index (κ1) is 30.9. The first-order valence-electron chi connectivity index (χ1n) is 19.5. The van der Waals surface area contributed by atoms with Crippen molar-refractivity contribution in [3.05, 3.63) is 186 Å². The van der Waals surface area contributed by atoms with Gasteiger partial charge in [-0.1, -0.05) is 159 Å². The Bertz CT molecular complexity index is 2860. The van der Waals surface area contributed by atoms with Crippen molar-refractivity contribution in [3.8, 4) is 22.3 Å². The highest BCUT2D eigenvalue weighted by Crippen LogP contribution is 2.55. The van der Waals surface area contributed by atoms with Crippen LogP contribution < -0.4 is 0 Å². The van der Waals surface area contributed by atoms with Crippen LogP contribution >= 0.6 is 0 Å². The summed E-state index contributed by atoms with van der Waals surface area (Å²) in [5.41, 5.74) is 12.7. The second-order valence-corrected chi connectivity index (χ2v) is 16.4. The molecule has 8 aromatic rings. The molecule has 0 aromatic heterocycles. The molecule has 0 radical (unpaired) electrons. The third kappa shape index (κ3) is 4.75. The van der Waals surface area contributed by atoms with Crippen molar-refractivity contribution in [2.24, 2.45) is 5.92 Å². The average Bonchev–Trinajstić information content (AvgIpc) is 3.45. The highest BCUT2D eigenvalue weighted by molar-refractivity contribution is 6.14. The van der Waals surface area contributed by atoms with Crippen molar-refractivity contribution in [2.45, 2.75) is 50.4 Å². The van der Waals surface area contributed by atoms with Crippen molar-refractivity contribution in [1.82, 2.24) is 0 Å². The fourth-order valence-corrected chi connectivity index (χ4v) is 10.5. The van der Waals surface area contributed by atoms with Gasteiger partial charge in [-0.25, -0.2) is 0 Å². The summed E-state index contributed by atoms with van der Waals surface area (Å²) in [7, 11) is 0. The highest BCUT2D eigenvalue weighted by Gasteiger charge is 2.45. The molecule has 0 aliphatic heterocycles. The van der Waals surface area contributed by atoms with E-state index < -0.39 is 0 Å². The van der Waals surface area contributed by atoms with Crippen molar-refractivity contribution in [1.29, 1.82) is 0 Å². The van der Waals surface area contributed by atoms with Crippen LogP contribution in [0.3, 0.4) is 0 Å². The third-order valence-electron chi connectivity index (χ3n) is 13.3. The summed E-state index contributed by atoms with van der Waals surface area (Å²) < 4.78 is 0. The molecule has 0 N–H and O–H groups in total. The standard InChI is InChI=1S/C53H42/c1-53(2)51-17-8-7-16-47(51)48-27-23-39(32-52(48)53)38-22-26-46-45-25-21-37(30-49(45)43-14-5-6-15-44(43)50(46)31-38)35-12-9-11-34(28-35)36-20-24-42-40(29-36)19-18-33-10-3-4-13-41(33)42/h3-7,9-16,18-30,32,38,47,51H,8,17,31H2,1-2H3. The normalized spacial score (nSPS) is 19.8. The quantitative estimate of drug-likeness (QED) is 0.129. The molecule has 0 saturated heterocycles. The lowest BCUT2D eigenvalue weighted by atomic mass is 9.71. The Hall–Kier alpha value is -5.72. The van der Waals surface area contributed by atoms with Crippen LogP contribution in [0.5, 0.6) is 0 Å². The van der Waals surface area contributed by atoms with E-state index in [2.05, 4.69) is 178 Å². The second kappa shape index (κ2) is 11.6. The molecule has 0 saturated carbocycles. The Morgan fingerprint density at radius 1 is 0.528 bits per heavy atom. The number of rotatable bonds is 3. The maximum atomic E-state index is 2.57. The van der Waals surface area contributed by atoms with Crippen LogP contribution in [0.15, 0.2) is 158 Å². The number of benzene rings is 8. The zero-order valence-electron chi connectivity index (χ0n) is 30.4. The fraction of sp³-hybridized carbons (Fsp3) is 0.170. The molecule has 0 bridgehead atoms. The van der Waals surface area contributed by atoms with Gasteiger partial charge in [-0.3, -0.25) is 0 Å². The minimum atomic E-state index is 0.210. The van der Waals surface area contributed by atoms with Gasteiger partial charge in [0.25, 0.3) is 0 Å². The smallest absolute Gasteiger partial charge is 0.00622 e. The number of allylic oxidation sites excluding steroid dienone is 3. The molecule has 3 unspecified atom stereocenters. The summed E-state index contributed by atoms with van der Waals surface area (Å²) in [5.74, 6) is 1.66. The Balaban J connectivity index is 0.967. The van der Waals surface area contributed by atoms with Gasteiger partial charge in [-0.15, -0.1) is 0 Å². The minimum Gasteiger partial charge on any atom is -0.0879 e. The van der Waals surface area contributed by atoms with Crippen LogP contribution in [0.25, 0.3) is 71.4 Å². The lowest BCUT2D eigenvalue weighted by Gasteiger charge is -2.32. The van der Waals surface area contributed by atoms with Crippen LogP contribution in [-0.2, 0) is 11.8 Å². The van der Waals surface area contributed by atoms with Gasteiger partial charge in [0, 0.05) is 11.8 Å². The monoisotopic (exact) mass is 678 g/mol. The number of hydrogen-bond donors (Lipinski definition) is 0. The van der Waals surface area contributed by atoms with E-state index in [-0.39, 0.29) is 5.41 Å². The summed E-state index contributed by atoms with van der Waals surface area (Å²) in [5, 5.41) is 10.6. The van der Waals surface area contributed by atoms with Crippen molar-refractivity contribution < 1.29 is 0 Å². The first-order chi connectivity index (χ1) is 26.0. The first-order valence-corrected chi connectivity index (χ1v) is 19.5. The van der Waals surface area contributed by atoms with Gasteiger partial charge in [0.2, 0.25) is 0 Å². The molecule has 254 valence electrons. The van der Waals surface area contributed by atoms with Crippen LogP contribution in [0.1, 0.15) is 66.3 Å². The molecule has 8 aromatic carbocycles. The molecular formula is C53H42. The maximum Gasteiger partial charge on any atom is 0.00622 e. The van der Waals surface area contributed by atoms with Crippen molar-refractivity contribution in [2.75, 3.05) is 0 Å². The van der Waals surface area contributed by atoms with E-state index in [4.69, 9.17) is 0 Å². The van der Waals surface area contributed by atoms with Crippen LogP contribution in [-0.4, -0.2) is 0 Å². The van der Waals surface area contributed by atoms with Crippen LogP contribution in [0.2, 0.25) is 0 Å². The van der Waals surface area contributed by atoms with E-state index in [1.54, 1.807) is 11.1 Å². The summed E-state index contributed by atoms with van der Waals surface area (Å²) in [6.07, 6.45) is 13.3. The van der Waals surface area contributed by atoms with E-state index in [1.807, 2.05) is 0 Å². The highest BCUT2D eigenvalue weighted by atomic mass is 14.5. The van der Waals surface area contributed by atoms with Gasteiger partial charge in [0.05, 0.1) is 0 Å².